The zero-order valence-corrected chi connectivity index (χ0v) is 13.8. The normalized spacial score (nSPS) is 11.8. The third-order valence-electron chi connectivity index (χ3n) is 3.76. The van der Waals surface area contributed by atoms with E-state index in [0.29, 0.717) is 6.54 Å². The summed E-state index contributed by atoms with van der Waals surface area (Å²) >= 11 is 0. The number of carboxylic acids is 1. The monoisotopic (exact) mass is 372 g/mol. The second-order valence-electron chi connectivity index (χ2n) is 5.71. The molecule has 138 valence electrons. The number of nitrogens with one attached hydrogen (secondary N) is 1. The van der Waals surface area contributed by atoms with Gasteiger partial charge < -0.3 is 10.4 Å². The van der Waals surface area contributed by atoms with Crippen LogP contribution in [-0.2, 0) is 11.3 Å². The fraction of sp³-hybridized carbons (Fsp3) is 0.111. The van der Waals surface area contributed by atoms with Crippen LogP contribution in [0.2, 0.25) is 0 Å². The van der Waals surface area contributed by atoms with Crippen molar-refractivity contribution >= 4 is 11.9 Å². The van der Waals surface area contributed by atoms with Gasteiger partial charge in [-0.15, -0.1) is 5.10 Å². The number of amides is 1. The Morgan fingerprint density at radius 2 is 1.85 bits per heavy atom. The van der Waals surface area contributed by atoms with E-state index in [1.807, 2.05) is 30.3 Å². The minimum atomic E-state index is -1.56. The maximum Gasteiger partial charge on any atom is 0.330 e. The van der Waals surface area contributed by atoms with E-state index in [1.54, 1.807) is 0 Å². The van der Waals surface area contributed by atoms with Crippen molar-refractivity contribution in [1.82, 2.24) is 20.3 Å². The highest BCUT2D eigenvalue weighted by Gasteiger charge is 2.25. The predicted molar refractivity (Wildman–Crippen MR) is 89.8 cm³/mol. The van der Waals surface area contributed by atoms with E-state index in [-0.39, 0.29) is 11.3 Å². The number of aliphatic carboxylic acids is 1. The van der Waals surface area contributed by atoms with Gasteiger partial charge in [0.2, 0.25) is 0 Å². The summed E-state index contributed by atoms with van der Waals surface area (Å²) in [5.41, 5.74) is 0.741. The van der Waals surface area contributed by atoms with Gasteiger partial charge in [-0.05, 0) is 23.3 Å². The van der Waals surface area contributed by atoms with Crippen molar-refractivity contribution in [2.45, 2.75) is 12.6 Å². The Balaban J connectivity index is 1.74. The highest BCUT2D eigenvalue weighted by molar-refractivity contribution is 5.94. The zero-order chi connectivity index (χ0) is 19.4. The SMILES string of the molecule is O=C(NC(C(=O)O)c1ccc(F)c(F)c1)c1cn(Cc2ccccc2)nn1. The van der Waals surface area contributed by atoms with Crippen LogP contribution in [0.3, 0.4) is 0 Å². The maximum atomic E-state index is 13.4. The third kappa shape index (κ3) is 4.32. The average molecular weight is 372 g/mol. The number of rotatable bonds is 6. The van der Waals surface area contributed by atoms with Gasteiger partial charge >= 0.3 is 5.97 Å². The largest absolute Gasteiger partial charge is 0.479 e. The molecule has 2 aromatic carbocycles. The van der Waals surface area contributed by atoms with E-state index in [4.69, 9.17) is 0 Å². The molecular weight excluding hydrogens is 358 g/mol. The summed E-state index contributed by atoms with van der Waals surface area (Å²) < 4.78 is 27.8. The van der Waals surface area contributed by atoms with Crippen LogP contribution in [0.25, 0.3) is 0 Å². The van der Waals surface area contributed by atoms with Crippen LogP contribution in [0.1, 0.15) is 27.7 Å². The van der Waals surface area contributed by atoms with Crippen molar-refractivity contribution < 1.29 is 23.5 Å². The highest BCUT2D eigenvalue weighted by atomic mass is 19.2. The molecule has 3 aromatic rings. The standard InChI is InChI=1S/C18H14F2N4O3/c19-13-7-6-12(8-14(13)20)16(18(26)27)21-17(25)15-10-24(23-22-15)9-11-4-2-1-3-5-11/h1-8,10,16H,9H2,(H,21,25)(H,26,27). The van der Waals surface area contributed by atoms with Gasteiger partial charge in [-0.2, -0.15) is 0 Å². The summed E-state index contributed by atoms with van der Waals surface area (Å²) in [6, 6.07) is 10.4. The third-order valence-corrected chi connectivity index (χ3v) is 3.76. The zero-order valence-electron chi connectivity index (χ0n) is 13.8. The van der Waals surface area contributed by atoms with Crippen LogP contribution in [-0.4, -0.2) is 32.0 Å². The van der Waals surface area contributed by atoms with Crippen molar-refractivity contribution in [3.05, 3.63) is 83.2 Å². The van der Waals surface area contributed by atoms with Crippen LogP contribution in [0.5, 0.6) is 0 Å². The lowest BCUT2D eigenvalue weighted by molar-refractivity contribution is -0.139. The smallest absolute Gasteiger partial charge is 0.330 e. The molecule has 0 spiro atoms. The summed E-state index contributed by atoms with van der Waals surface area (Å²) in [4.78, 5) is 23.7. The molecule has 1 aromatic heterocycles. The van der Waals surface area contributed by atoms with E-state index in [9.17, 15) is 23.5 Å². The Morgan fingerprint density at radius 1 is 1.11 bits per heavy atom. The number of hydrogen-bond acceptors (Lipinski definition) is 4. The van der Waals surface area contributed by atoms with E-state index >= 15 is 0 Å². The number of nitrogens with zero attached hydrogens (tertiary/aromatic N) is 3. The summed E-state index contributed by atoms with van der Waals surface area (Å²) in [5, 5.41) is 19.1. The maximum absolute atomic E-state index is 13.4. The first-order valence-electron chi connectivity index (χ1n) is 7.86. The molecule has 0 fully saturated rings. The second kappa shape index (κ2) is 7.73. The molecule has 0 aliphatic rings. The molecule has 1 amide bonds. The molecule has 7 nitrogen and oxygen atoms in total. The summed E-state index contributed by atoms with van der Waals surface area (Å²) in [6.07, 6.45) is 1.37. The Bertz CT molecular complexity index is 976. The lowest BCUT2D eigenvalue weighted by Gasteiger charge is -2.14. The first-order valence-corrected chi connectivity index (χ1v) is 7.86. The van der Waals surface area contributed by atoms with Crippen molar-refractivity contribution in [1.29, 1.82) is 0 Å². The molecule has 0 radical (unpaired) electrons. The second-order valence-corrected chi connectivity index (χ2v) is 5.71. The first-order chi connectivity index (χ1) is 12.9. The molecule has 2 N–H and O–H groups in total. The van der Waals surface area contributed by atoms with Crippen molar-refractivity contribution in [2.75, 3.05) is 0 Å². The molecule has 1 heterocycles. The molecule has 0 saturated carbocycles. The van der Waals surface area contributed by atoms with Crippen molar-refractivity contribution in [3.63, 3.8) is 0 Å². The minimum Gasteiger partial charge on any atom is -0.479 e. The van der Waals surface area contributed by atoms with Crippen molar-refractivity contribution in [2.24, 2.45) is 0 Å². The summed E-state index contributed by atoms with van der Waals surface area (Å²) in [5.74, 6) is -4.54. The molecule has 0 saturated heterocycles. The van der Waals surface area contributed by atoms with Crippen molar-refractivity contribution in [3.8, 4) is 0 Å². The number of carbonyl (C=O) groups is 2. The Labute approximate surface area is 152 Å². The van der Waals surface area contributed by atoms with Gasteiger partial charge in [0.15, 0.2) is 23.4 Å². The fourth-order valence-corrected chi connectivity index (χ4v) is 2.43. The predicted octanol–water partition coefficient (Wildman–Crippen LogP) is 2.16. The molecule has 0 aliphatic heterocycles. The fourth-order valence-electron chi connectivity index (χ4n) is 2.43. The molecule has 0 bridgehead atoms. The molecule has 3 rings (SSSR count). The topological polar surface area (TPSA) is 97.1 Å². The van der Waals surface area contributed by atoms with Gasteiger partial charge in [-0.3, -0.25) is 4.79 Å². The summed E-state index contributed by atoms with van der Waals surface area (Å²) in [7, 11) is 0. The van der Waals surface area contributed by atoms with Gasteiger partial charge in [0.05, 0.1) is 12.7 Å². The number of carbonyl (C=O) groups excluding carboxylic acids is 1. The molecule has 9 heteroatoms. The van der Waals surface area contributed by atoms with Crippen LogP contribution in [0, 0.1) is 11.6 Å². The number of carboxylic acid groups (broad SMARTS) is 1. The van der Waals surface area contributed by atoms with E-state index in [2.05, 4.69) is 15.6 Å². The first kappa shape index (κ1) is 18.2. The van der Waals surface area contributed by atoms with E-state index in [0.717, 1.165) is 23.8 Å². The quantitative estimate of drug-likeness (QED) is 0.691. The van der Waals surface area contributed by atoms with Crippen LogP contribution < -0.4 is 5.32 Å². The number of benzene rings is 2. The van der Waals surface area contributed by atoms with Gasteiger partial charge in [0.25, 0.3) is 5.91 Å². The van der Waals surface area contributed by atoms with Crippen LogP contribution >= 0.6 is 0 Å². The lowest BCUT2D eigenvalue weighted by atomic mass is 10.1. The highest BCUT2D eigenvalue weighted by Crippen LogP contribution is 2.17. The number of halogens is 2. The minimum absolute atomic E-state index is 0.0974. The van der Waals surface area contributed by atoms with E-state index < -0.39 is 29.6 Å². The Hall–Kier alpha value is -3.62. The van der Waals surface area contributed by atoms with Gasteiger partial charge in [-0.25, -0.2) is 18.3 Å². The molecule has 0 aliphatic carbocycles. The number of hydrogen-bond donors (Lipinski definition) is 2. The molecule has 1 atom stereocenters. The van der Waals surface area contributed by atoms with Crippen LogP contribution in [0.4, 0.5) is 8.78 Å². The Kier molecular flexibility index (Phi) is 5.20. The van der Waals surface area contributed by atoms with Gasteiger partial charge in [0.1, 0.15) is 0 Å². The Morgan fingerprint density at radius 3 is 2.52 bits per heavy atom. The summed E-state index contributed by atoms with van der Waals surface area (Å²) in [6.45, 7) is 0.382. The van der Waals surface area contributed by atoms with Gasteiger partial charge in [-0.1, -0.05) is 41.6 Å². The molecule has 1 unspecified atom stereocenters. The lowest BCUT2D eigenvalue weighted by Crippen LogP contribution is -2.34. The van der Waals surface area contributed by atoms with E-state index in [1.165, 1.54) is 10.9 Å². The number of aromatic nitrogens is 3. The average Bonchev–Trinajstić information content (AvgIpc) is 3.11. The molecule has 27 heavy (non-hydrogen) atoms. The van der Waals surface area contributed by atoms with Crippen LogP contribution in [0.15, 0.2) is 54.7 Å². The van der Waals surface area contributed by atoms with Gasteiger partial charge in [0, 0.05) is 0 Å². The molecular formula is C18H14F2N4O3.